The molecular weight excluding hydrogens is 1070 g/mol. The maximum Gasteiger partial charge on any atom is 0.220 e. The van der Waals surface area contributed by atoms with Gasteiger partial charge in [0.2, 0.25) is 5.91 Å². The van der Waals surface area contributed by atoms with Crippen molar-refractivity contribution in [2.45, 2.75) is 324 Å². The minimum Gasteiger partial charge on any atom is -0.394 e. The Balaban J connectivity index is 1.50. The summed E-state index contributed by atoms with van der Waals surface area (Å²) in [5, 5.41) is 120. The van der Waals surface area contributed by atoms with Crippen molar-refractivity contribution in [1.82, 2.24) is 5.32 Å². The lowest BCUT2D eigenvalue weighted by Crippen LogP contribution is -2.66. The lowest BCUT2D eigenvalue weighted by molar-refractivity contribution is -0.379. The van der Waals surface area contributed by atoms with Crippen molar-refractivity contribution in [1.29, 1.82) is 0 Å². The molecule has 17 atom stereocenters. The standard InChI is InChI=1S/C64H115NO18/c1-3-5-7-9-11-13-15-17-19-21-22-23-24-26-27-29-31-33-35-37-39-41-48(69)47(65-52(70)42-40-38-36-34-32-30-28-25-20-18-16-14-12-10-8-6-4-2)46-78-62-58(76)55(73)60(50(44-67)80-62)83-64-59(77)56(74)61(51(45-68)81-64)82-63-57(75)54(72)53(71)49(43-66)79-63/h18,20,24,26,31,33,39,41,47-51,53-64,66-69,71-77H,3-17,19,21-23,25,27-30,32,34-38,40,42-46H2,1-2H3,(H,65,70)/b20-18-,26-24+,33-31+,41-39+. The van der Waals surface area contributed by atoms with Crippen LogP contribution in [0.25, 0.3) is 0 Å². The second-order valence-corrected chi connectivity index (χ2v) is 23.2. The Morgan fingerprint density at radius 1 is 0.422 bits per heavy atom. The van der Waals surface area contributed by atoms with Crippen LogP contribution in [0.4, 0.5) is 0 Å². The maximum absolute atomic E-state index is 13.3. The summed E-state index contributed by atoms with van der Waals surface area (Å²) in [6, 6.07) is -0.999. The van der Waals surface area contributed by atoms with Gasteiger partial charge < -0.3 is 89.9 Å². The van der Waals surface area contributed by atoms with E-state index in [0.29, 0.717) is 12.8 Å². The Labute approximate surface area is 497 Å². The predicted octanol–water partition coefficient (Wildman–Crippen LogP) is 7.04. The molecule has 0 radical (unpaired) electrons. The molecule has 3 saturated heterocycles. The molecule has 3 aliphatic heterocycles. The lowest BCUT2D eigenvalue weighted by atomic mass is 9.96. The highest BCUT2D eigenvalue weighted by Gasteiger charge is 2.53. The van der Waals surface area contributed by atoms with Gasteiger partial charge in [-0.05, 0) is 70.6 Å². The molecule has 0 spiro atoms. The molecule has 484 valence electrons. The van der Waals surface area contributed by atoms with E-state index in [0.717, 1.165) is 57.8 Å². The van der Waals surface area contributed by atoms with Crippen LogP contribution in [0.3, 0.4) is 0 Å². The van der Waals surface area contributed by atoms with Gasteiger partial charge >= 0.3 is 0 Å². The molecule has 3 aliphatic rings. The van der Waals surface area contributed by atoms with Crippen molar-refractivity contribution in [3.8, 4) is 0 Å². The van der Waals surface area contributed by atoms with Crippen molar-refractivity contribution in [2.75, 3.05) is 26.4 Å². The third-order valence-electron chi connectivity index (χ3n) is 16.1. The summed E-state index contributed by atoms with van der Waals surface area (Å²) in [5.74, 6) is -0.295. The molecule has 0 aromatic heterocycles. The van der Waals surface area contributed by atoms with E-state index < -0.39 is 124 Å². The molecule has 83 heavy (non-hydrogen) atoms. The minimum atomic E-state index is -1.98. The average Bonchev–Trinajstić information content (AvgIpc) is 3.35. The summed E-state index contributed by atoms with van der Waals surface area (Å²) < 4.78 is 34.3. The number of hydrogen-bond acceptors (Lipinski definition) is 18. The van der Waals surface area contributed by atoms with Crippen molar-refractivity contribution in [2.24, 2.45) is 0 Å². The highest BCUT2D eigenvalue weighted by atomic mass is 16.8. The molecule has 3 fully saturated rings. The zero-order valence-electron chi connectivity index (χ0n) is 50.7. The lowest BCUT2D eigenvalue weighted by Gasteiger charge is -2.48. The van der Waals surface area contributed by atoms with Crippen LogP contribution in [-0.2, 0) is 33.2 Å². The topological polar surface area (TPSA) is 307 Å². The zero-order chi connectivity index (χ0) is 60.5. The van der Waals surface area contributed by atoms with E-state index in [1.807, 2.05) is 6.08 Å². The molecule has 3 heterocycles. The second kappa shape index (κ2) is 46.8. The molecule has 19 heteroatoms. The quantitative estimate of drug-likeness (QED) is 0.0215. The fraction of sp³-hybridized carbons (Fsp3) is 0.859. The normalized spacial score (nSPS) is 29.7. The molecule has 0 bridgehead atoms. The molecule has 0 aromatic carbocycles. The number of carbonyl (C=O) groups is 1. The Kier molecular flexibility index (Phi) is 42.3. The molecule has 3 rings (SSSR count). The van der Waals surface area contributed by atoms with Crippen LogP contribution >= 0.6 is 0 Å². The summed E-state index contributed by atoms with van der Waals surface area (Å²) in [6.45, 7) is 1.69. The van der Waals surface area contributed by atoms with E-state index in [2.05, 4.69) is 55.6 Å². The first-order valence-electron chi connectivity index (χ1n) is 32.4. The molecule has 19 nitrogen and oxygen atoms in total. The second-order valence-electron chi connectivity index (χ2n) is 23.2. The molecule has 0 aromatic rings. The third-order valence-corrected chi connectivity index (χ3v) is 16.1. The summed E-state index contributed by atoms with van der Waals surface area (Å²) in [5.41, 5.74) is 0. The van der Waals surface area contributed by atoms with Gasteiger partial charge in [0.15, 0.2) is 18.9 Å². The first-order chi connectivity index (χ1) is 40.3. The van der Waals surface area contributed by atoms with Gasteiger partial charge in [0, 0.05) is 6.42 Å². The number of amides is 1. The predicted molar refractivity (Wildman–Crippen MR) is 319 cm³/mol. The number of aliphatic hydroxyl groups excluding tert-OH is 11. The van der Waals surface area contributed by atoms with E-state index in [9.17, 15) is 61.0 Å². The minimum absolute atomic E-state index is 0.226. The number of unbranched alkanes of at least 4 members (excludes halogenated alkanes) is 26. The van der Waals surface area contributed by atoms with E-state index in [4.69, 9.17) is 28.4 Å². The first kappa shape index (κ1) is 75.0. The number of ether oxygens (including phenoxy) is 6. The Hall–Kier alpha value is -2.25. The molecule has 1 amide bonds. The van der Waals surface area contributed by atoms with Crippen molar-refractivity contribution in [3.05, 3.63) is 48.6 Å². The molecule has 0 saturated carbocycles. The summed E-state index contributed by atoms with van der Waals surface area (Å²) in [7, 11) is 0. The number of nitrogens with one attached hydrogen (secondary N) is 1. The maximum atomic E-state index is 13.3. The first-order valence-corrected chi connectivity index (χ1v) is 32.4. The van der Waals surface area contributed by atoms with Gasteiger partial charge in [-0.2, -0.15) is 0 Å². The summed E-state index contributed by atoms with van der Waals surface area (Å²) in [6.07, 6.45) is 26.6. The van der Waals surface area contributed by atoms with Gasteiger partial charge in [0.25, 0.3) is 0 Å². The van der Waals surface area contributed by atoms with Crippen LogP contribution in [0.1, 0.15) is 219 Å². The van der Waals surface area contributed by atoms with Crippen molar-refractivity contribution >= 4 is 5.91 Å². The van der Waals surface area contributed by atoms with E-state index in [1.165, 1.54) is 128 Å². The number of allylic oxidation sites excluding steroid dienone is 7. The monoisotopic (exact) mass is 1190 g/mol. The van der Waals surface area contributed by atoms with Gasteiger partial charge in [0.05, 0.1) is 38.6 Å². The van der Waals surface area contributed by atoms with E-state index in [1.54, 1.807) is 6.08 Å². The number of hydrogen-bond donors (Lipinski definition) is 12. The molecule has 17 unspecified atom stereocenters. The fourth-order valence-corrected chi connectivity index (χ4v) is 10.7. The van der Waals surface area contributed by atoms with Gasteiger partial charge in [-0.1, -0.05) is 191 Å². The summed E-state index contributed by atoms with van der Waals surface area (Å²) >= 11 is 0. The smallest absolute Gasteiger partial charge is 0.220 e. The SMILES string of the molecule is CCCCCCCC/C=C\CCCCCCCCCC(=O)NC(COC1OC(CO)C(OC2OC(CO)C(OC3OC(CO)C(O)C(O)C3O)C(O)C2O)C(O)C1O)C(O)/C=C/CC/C=C/CC/C=C/CCCCCCCCCCCCC. The Morgan fingerprint density at radius 3 is 1.20 bits per heavy atom. The van der Waals surface area contributed by atoms with Crippen molar-refractivity contribution < 1.29 is 89.4 Å². The van der Waals surface area contributed by atoms with Gasteiger partial charge in [0.1, 0.15) is 73.2 Å². The highest BCUT2D eigenvalue weighted by Crippen LogP contribution is 2.33. The van der Waals surface area contributed by atoms with E-state index >= 15 is 0 Å². The summed E-state index contributed by atoms with van der Waals surface area (Å²) in [4.78, 5) is 13.3. The van der Waals surface area contributed by atoms with Crippen LogP contribution in [0, 0.1) is 0 Å². The largest absolute Gasteiger partial charge is 0.394 e. The van der Waals surface area contributed by atoms with Crippen LogP contribution in [0.2, 0.25) is 0 Å². The van der Waals surface area contributed by atoms with Gasteiger partial charge in [-0.3, -0.25) is 4.79 Å². The van der Waals surface area contributed by atoms with Gasteiger partial charge in [-0.25, -0.2) is 0 Å². The molecular formula is C64H115NO18. The average molecular weight is 1190 g/mol. The Bertz CT molecular complexity index is 1700. The number of aliphatic hydroxyl groups is 11. The third kappa shape index (κ3) is 30.0. The Morgan fingerprint density at radius 2 is 0.771 bits per heavy atom. The van der Waals surface area contributed by atoms with Gasteiger partial charge in [-0.15, -0.1) is 0 Å². The van der Waals surface area contributed by atoms with Crippen molar-refractivity contribution in [3.63, 3.8) is 0 Å². The van der Waals surface area contributed by atoms with Crippen LogP contribution in [-0.4, -0.2) is 193 Å². The fourth-order valence-electron chi connectivity index (χ4n) is 10.7. The van der Waals surface area contributed by atoms with Crippen LogP contribution in [0.5, 0.6) is 0 Å². The zero-order valence-corrected chi connectivity index (χ0v) is 50.7. The van der Waals surface area contributed by atoms with E-state index in [-0.39, 0.29) is 18.9 Å². The number of carbonyl (C=O) groups excluding carboxylic acids is 1. The molecule has 12 N–H and O–H groups in total. The molecule has 0 aliphatic carbocycles. The van der Waals surface area contributed by atoms with Crippen LogP contribution in [0.15, 0.2) is 48.6 Å². The highest BCUT2D eigenvalue weighted by molar-refractivity contribution is 5.76. The van der Waals surface area contributed by atoms with Crippen LogP contribution < -0.4 is 5.32 Å². The number of rotatable bonds is 48.